The molecule has 0 aliphatic heterocycles. The molecule has 1 aromatic carbocycles. The summed E-state index contributed by atoms with van der Waals surface area (Å²) >= 11 is 0. The summed E-state index contributed by atoms with van der Waals surface area (Å²) in [6.45, 7) is 0. The molecule has 0 saturated carbocycles. The van der Waals surface area contributed by atoms with E-state index in [4.69, 9.17) is 5.11 Å². The molecule has 2 aromatic rings. The number of fused-ring (bicyclic) bond motifs is 1. The highest BCUT2D eigenvalue weighted by atomic mass is 19.1. The number of hydrogen-bond acceptors (Lipinski definition) is 2. The van der Waals surface area contributed by atoms with Crippen LogP contribution >= 0.6 is 0 Å². The van der Waals surface area contributed by atoms with Crippen molar-refractivity contribution in [3.63, 3.8) is 0 Å². The molecule has 0 unspecified atom stereocenters. The molecule has 1 heterocycles. The third-order valence-corrected chi connectivity index (χ3v) is 1.70. The first-order chi connectivity index (χ1) is 6.16. The van der Waals surface area contributed by atoms with Crippen molar-refractivity contribution < 1.29 is 13.9 Å². The largest absolute Gasteiger partial charge is 0.493 e. The number of aromatic nitrogens is 1. The Kier molecular flexibility index (Phi) is 1.62. The Morgan fingerprint density at radius 1 is 1.15 bits per heavy atom. The quantitative estimate of drug-likeness (QED) is 0.675. The van der Waals surface area contributed by atoms with E-state index >= 15 is 0 Å². The summed E-state index contributed by atoms with van der Waals surface area (Å²) in [5.74, 6) is -1.71. The zero-order valence-corrected chi connectivity index (χ0v) is 6.46. The van der Waals surface area contributed by atoms with Crippen LogP contribution in [-0.2, 0) is 0 Å². The van der Waals surface area contributed by atoms with Crippen LogP contribution in [-0.4, -0.2) is 10.1 Å². The van der Waals surface area contributed by atoms with Gasteiger partial charge >= 0.3 is 0 Å². The standard InChI is InChI=1S/C9H5F2NO/c10-6-3-5-1-2-8(13)12-9(5)7(11)4-6/h1-4H,(H,12,13). The van der Waals surface area contributed by atoms with Crippen LogP contribution in [0.5, 0.6) is 5.88 Å². The van der Waals surface area contributed by atoms with Gasteiger partial charge in [0.25, 0.3) is 0 Å². The second-order valence-electron chi connectivity index (χ2n) is 2.63. The molecule has 0 saturated heterocycles. The zero-order chi connectivity index (χ0) is 9.42. The Morgan fingerprint density at radius 3 is 2.69 bits per heavy atom. The zero-order valence-electron chi connectivity index (χ0n) is 6.46. The molecule has 66 valence electrons. The average molecular weight is 181 g/mol. The molecule has 13 heavy (non-hydrogen) atoms. The summed E-state index contributed by atoms with van der Waals surface area (Å²) in [5.41, 5.74) is -0.0265. The van der Waals surface area contributed by atoms with Crippen LogP contribution in [0.2, 0.25) is 0 Å². The van der Waals surface area contributed by atoms with E-state index in [2.05, 4.69) is 4.98 Å². The molecule has 0 spiro atoms. The van der Waals surface area contributed by atoms with E-state index in [-0.39, 0.29) is 11.4 Å². The van der Waals surface area contributed by atoms with Gasteiger partial charge in [-0.3, -0.25) is 0 Å². The normalized spacial score (nSPS) is 10.6. The van der Waals surface area contributed by atoms with Gasteiger partial charge in [-0.25, -0.2) is 13.8 Å². The fraction of sp³-hybridized carbons (Fsp3) is 0. The van der Waals surface area contributed by atoms with Gasteiger partial charge in [-0.2, -0.15) is 0 Å². The number of aromatic hydroxyl groups is 1. The fourth-order valence-corrected chi connectivity index (χ4v) is 1.15. The number of nitrogens with zero attached hydrogens (tertiary/aromatic N) is 1. The summed E-state index contributed by atoms with van der Waals surface area (Å²) in [4.78, 5) is 3.53. The van der Waals surface area contributed by atoms with E-state index in [1.165, 1.54) is 12.1 Å². The van der Waals surface area contributed by atoms with Crippen LogP contribution < -0.4 is 0 Å². The maximum Gasteiger partial charge on any atom is 0.211 e. The number of hydrogen-bond donors (Lipinski definition) is 1. The molecule has 0 fully saturated rings. The van der Waals surface area contributed by atoms with Gasteiger partial charge in [0.2, 0.25) is 5.88 Å². The third-order valence-electron chi connectivity index (χ3n) is 1.70. The maximum absolute atomic E-state index is 13.0. The van der Waals surface area contributed by atoms with E-state index in [9.17, 15) is 8.78 Å². The lowest BCUT2D eigenvalue weighted by Crippen LogP contribution is -1.86. The lowest BCUT2D eigenvalue weighted by atomic mass is 10.2. The molecule has 2 rings (SSSR count). The Balaban J connectivity index is 2.87. The van der Waals surface area contributed by atoms with E-state index < -0.39 is 11.6 Å². The monoisotopic (exact) mass is 181 g/mol. The van der Waals surface area contributed by atoms with Gasteiger partial charge < -0.3 is 5.11 Å². The molecule has 0 radical (unpaired) electrons. The van der Waals surface area contributed by atoms with E-state index in [0.717, 1.165) is 12.1 Å². The topological polar surface area (TPSA) is 33.1 Å². The van der Waals surface area contributed by atoms with Crippen LogP contribution in [0.15, 0.2) is 24.3 Å². The minimum atomic E-state index is -0.772. The van der Waals surface area contributed by atoms with Crippen LogP contribution in [0.1, 0.15) is 0 Å². The van der Waals surface area contributed by atoms with Crippen molar-refractivity contribution in [1.82, 2.24) is 4.98 Å². The summed E-state index contributed by atoms with van der Waals surface area (Å²) in [6.07, 6.45) is 0. The molecule has 1 N–H and O–H groups in total. The molecule has 0 amide bonds. The summed E-state index contributed by atoms with van der Waals surface area (Å²) in [5, 5.41) is 9.28. The molecule has 4 heteroatoms. The number of rotatable bonds is 0. The predicted octanol–water partition coefficient (Wildman–Crippen LogP) is 2.22. The molecular weight excluding hydrogens is 176 g/mol. The van der Waals surface area contributed by atoms with Gasteiger partial charge in [0, 0.05) is 17.5 Å². The van der Waals surface area contributed by atoms with Crippen LogP contribution in [0.4, 0.5) is 8.78 Å². The molecule has 1 aromatic heterocycles. The van der Waals surface area contributed by atoms with Crippen molar-refractivity contribution in [2.75, 3.05) is 0 Å². The number of benzene rings is 1. The van der Waals surface area contributed by atoms with Crippen molar-refractivity contribution in [3.8, 4) is 5.88 Å². The van der Waals surface area contributed by atoms with E-state index in [1.54, 1.807) is 0 Å². The highest BCUT2D eigenvalue weighted by molar-refractivity contribution is 5.79. The highest BCUT2D eigenvalue weighted by Crippen LogP contribution is 2.19. The summed E-state index contributed by atoms with van der Waals surface area (Å²) < 4.78 is 25.7. The van der Waals surface area contributed by atoms with Crippen LogP contribution in [0, 0.1) is 11.6 Å². The first kappa shape index (κ1) is 7.91. The van der Waals surface area contributed by atoms with Crippen molar-refractivity contribution in [2.24, 2.45) is 0 Å². The first-order valence-corrected chi connectivity index (χ1v) is 3.61. The van der Waals surface area contributed by atoms with Gasteiger partial charge in [-0.1, -0.05) is 0 Å². The van der Waals surface area contributed by atoms with E-state index in [0.29, 0.717) is 5.39 Å². The second kappa shape index (κ2) is 2.65. The summed E-state index contributed by atoms with van der Waals surface area (Å²) in [6, 6.07) is 4.57. The van der Waals surface area contributed by atoms with E-state index in [1.807, 2.05) is 0 Å². The summed E-state index contributed by atoms with van der Waals surface area (Å²) in [7, 11) is 0. The van der Waals surface area contributed by atoms with Gasteiger partial charge in [-0.15, -0.1) is 0 Å². The lowest BCUT2D eigenvalue weighted by molar-refractivity contribution is 0.454. The minimum Gasteiger partial charge on any atom is -0.493 e. The molecule has 0 aliphatic rings. The van der Waals surface area contributed by atoms with Crippen LogP contribution in [0.3, 0.4) is 0 Å². The Hall–Kier alpha value is -1.71. The first-order valence-electron chi connectivity index (χ1n) is 3.61. The van der Waals surface area contributed by atoms with Crippen molar-refractivity contribution in [3.05, 3.63) is 35.9 Å². The molecule has 2 nitrogen and oxygen atoms in total. The maximum atomic E-state index is 13.0. The molecular formula is C9H5F2NO. The van der Waals surface area contributed by atoms with Crippen molar-refractivity contribution in [1.29, 1.82) is 0 Å². The smallest absolute Gasteiger partial charge is 0.211 e. The number of pyridine rings is 1. The Morgan fingerprint density at radius 2 is 1.92 bits per heavy atom. The van der Waals surface area contributed by atoms with Crippen molar-refractivity contribution in [2.45, 2.75) is 0 Å². The van der Waals surface area contributed by atoms with Crippen molar-refractivity contribution >= 4 is 10.9 Å². The molecule has 0 bridgehead atoms. The fourth-order valence-electron chi connectivity index (χ4n) is 1.15. The SMILES string of the molecule is Oc1ccc2cc(F)cc(F)c2n1. The molecule has 0 aliphatic carbocycles. The highest BCUT2D eigenvalue weighted by Gasteiger charge is 2.05. The second-order valence-corrected chi connectivity index (χ2v) is 2.63. The van der Waals surface area contributed by atoms with Gasteiger partial charge in [-0.05, 0) is 12.1 Å². The van der Waals surface area contributed by atoms with Gasteiger partial charge in [0.15, 0.2) is 5.82 Å². The Bertz CT molecular complexity index is 470. The van der Waals surface area contributed by atoms with Crippen LogP contribution in [0.25, 0.3) is 10.9 Å². The molecule has 0 atom stereocenters. The third kappa shape index (κ3) is 1.30. The lowest BCUT2D eigenvalue weighted by Gasteiger charge is -1.99. The average Bonchev–Trinajstić information content (AvgIpc) is 2.06. The number of halogens is 2. The van der Waals surface area contributed by atoms with Gasteiger partial charge in [0.05, 0.1) is 0 Å². The Labute approximate surface area is 72.5 Å². The van der Waals surface area contributed by atoms with Gasteiger partial charge in [0.1, 0.15) is 11.3 Å². The predicted molar refractivity (Wildman–Crippen MR) is 43.3 cm³/mol. The minimum absolute atomic E-state index is 0.0265.